The van der Waals surface area contributed by atoms with Crippen LogP contribution in [0.4, 0.5) is 0 Å². The molecule has 0 saturated carbocycles. The van der Waals surface area contributed by atoms with Crippen LogP contribution in [0, 0.1) is 0 Å². The molecule has 2 aromatic carbocycles. The smallest absolute Gasteiger partial charge is 0.321 e. The third-order valence-electron chi connectivity index (χ3n) is 3.74. The number of Topliss-reactive ketones (excluding diaryl/α,β-unsaturated/α-hetero) is 1. The fraction of sp³-hybridized carbons (Fsp3) is 0.211. The molecule has 0 spiro atoms. The van der Waals surface area contributed by atoms with Gasteiger partial charge in [0.15, 0.2) is 5.78 Å². The number of nitrogens with zero attached hydrogens (tertiary/aromatic N) is 1. The molecule has 1 heterocycles. The highest BCUT2D eigenvalue weighted by Crippen LogP contribution is 2.28. The van der Waals surface area contributed by atoms with E-state index in [0.717, 1.165) is 16.9 Å². The summed E-state index contributed by atoms with van der Waals surface area (Å²) >= 11 is 1.46. The zero-order chi connectivity index (χ0) is 17.8. The van der Waals surface area contributed by atoms with E-state index in [9.17, 15) is 9.59 Å². The van der Waals surface area contributed by atoms with E-state index in [1.54, 1.807) is 24.3 Å². The Morgan fingerprint density at radius 3 is 2.56 bits per heavy atom. The minimum atomic E-state index is -0.330. The molecule has 1 N–H and O–H groups in total. The second-order valence-corrected chi connectivity index (χ2v) is 6.98. The van der Waals surface area contributed by atoms with Crippen LogP contribution in [0.15, 0.2) is 48.5 Å². The van der Waals surface area contributed by atoms with Gasteiger partial charge in [0.1, 0.15) is 11.6 Å². The van der Waals surface area contributed by atoms with Gasteiger partial charge in [0, 0.05) is 5.56 Å². The molecule has 128 valence electrons. The summed E-state index contributed by atoms with van der Waals surface area (Å²) in [6, 6.07) is 14.4. The molecule has 0 bridgehead atoms. The molecular weight excluding hydrogens is 336 g/mol. The van der Waals surface area contributed by atoms with Crippen molar-refractivity contribution in [3.05, 3.63) is 59.9 Å². The predicted molar refractivity (Wildman–Crippen MR) is 99.0 cm³/mol. The van der Waals surface area contributed by atoms with Crippen molar-refractivity contribution in [2.24, 2.45) is 0 Å². The number of hydrogen-bond acceptors (Lipinski definition) is 5. The van der Waals surface area contributed by atoms with Gasteiger partial charge in [-0.2, -0.15) is 0 Å². The third kappa shape index (κ3) is 4.28. The van der Waals surface area contributed by atoms with Crippen LogP contribution < -0.4 is 4.74 Å². The fourth-order valence-electron chi connectivity index (χ4n) is 2.36. The van der Waals surface area contributed by atoms with Crippen molar-refractivity contribution in [3.63, 3.8) is 0 Å². The molecular formula is C19H18N2O3S. The third-order valence-corrected chi connectivity index (χ3v) is 4.86. The van der Waals surface area contributed by atoms with E-state index >= 15 is 0 Å². The molecule has 0 aliphatic rings. The van der Waals surface area contributed by atoms with Crippen LogP contribution in [0.25, 0.3) is 11.0 Å². The number of imidazole rings is 1. The van der Waals surface area contributed by atoms with Gasteiger partial charge in [0.2, 0.25) is 0 Å². The molecule has 0 aliphatic heterocycles. The second kappa shape index (κ2) is 7.53. The normalized spacial score (nSPS) is 12.1. The van der Waals surface area contributed by atoms with Crippen LogP contribution >= 0.6 is 11.8 Å². The van der Waals surface area contributed by atoms with Crippen molar-refractivity contribution < 1.29 is 14.3 Å². The highest BCUT2D eigenvalue weighted by molar-refractivity contribution is 8.00. The molecule has 0 amide bonds. The van der Waals surface area contributed by atoms with E-state index in [0.29, 0.717) is 11.3 Å². The molecule has 25 heavy (non-hydrogen) atoms. The number of thioether (sulfide) groups is 1. The molecule has 0 unspecified atom stereocenters. The topological polar surface area (TPSA) is 72.1 Å². The van der Waals surface area contributed by atoms with Gasteiger partial charge in [0.05, 0.1) is 22.0 Å². The molecule has 0 fully saturated rings. The van der Waals surface area contributed by atoms with Crippen LogP contribution in [0.2, 0.25) is 0 Å². The van der Waals surface area contributed by atoms with Gasteiger partial charge in [-0.25, -0.2) is 4.98 Å². The summed E-state index contributed by atoms with van der Waals surface area (Å²) in [5, 5.41) is 0.0417. The number of aromatic nitrogens is 2. The quantitative estimate of drug-likeness (QED) is 0.409. The van der Waals surface area contributed by atoms with E-state index in [4.69, 9.17) is 4.74 Å². The lowest BCUT2D eigenvalue weighted by atomic mass is 10.1. The Bertz CT molecular complexity index is 869. The molecule has 0 radical (unpaired) electrons. The number of hydrogen-bond donors (Lipinski definition) is 1. The van der Waals surface area contributed by atoms with E-state index in [1.165, 1.54) is 18.7 Å². The van der Waals surface area contributed by atoms with E-state index in [2.05, 4.69) is 9.97 Å². The van der Waals surface area contributed by atoms with E-state index in [1.807, 2.05) is 31.2 Å². The number of benzene rings is 2. The number of carbonyl (C=O) groups is 2. The number of ketones is 1. The molecule has 3 aromatic rings. The molecule has 5 nitrogen and oxygen atoms in total. The molecule has 1 aromatic heterocycles. The summed E-state index contributed by atoms with van der Waals surface area (Å²) in [6.45, 7) is 3.49. The summed E-state index contributed by atoms with van der Waals surface area (Å²) in [6.07, 6.45) is 0. The number of esters is 1. The number of nitrogens with one attached hydrogen (secondary N) is 1. The first-order valence-corrected chi connectivity index (χ1v) is 8.96. The maximum atomic E-state index is 12.0. The number of ether oxygens (including phenoxy) is 1. The predicted octanol–water partition coefficient (Wildman–Crippen LogP) is 4.17. The van der Waals surface area contributed by atoms with Crippen LogP contribution in [0.5, 0.6) is 5.75 Å². The molecule has 0 aliphatic carbocycles. The van der Waals surface area contributed by atoms with Crippen molar-refractivity contribution in [1.82, 2.24) is 9.97 Å². The van der Waals surface area contributed by atoms with Gasteiger partial charge < -0.3 is 9.72 Å². The van der Waals surface area contributed by atoms with Gasteiger partial charge in [-0.3, -0.25) is 9.59 Å². The molecule has 6 heteroatoms. The van der Waals surface area contributed by atoms with Crippen molar-refractivity contribution in [2.75, 3.05) is 5.75 Å². The minimum absolute atomic E-state index is 0.0203. The lowest BCUT2D eigenvalue weighted by molar-refractivity contribution is -0.131. The maximum Gasteiger partial charge on any atom is 0.321 e. The summed E-state index contributed by atoms with van der Waals surface area (Å²) in [5.74, 6) is 1.14. The van der Waals surface area contributed by atoms with Gasteiger partial charge in [-0.05, 0) is 50.2 Å². The van der Waals surface area contributed by atoms with Gasteiger partial charge in [-0.1, -0.05) is 12.1 Å². The zero-order valence-corrected chi connectivity index (χ0v) is 14.8. The van der Waals surface area contributed by atoms with Crippen molar-refractivity contribution in [3.8, 4) is 5.75 Å². The van der Waals surface area contributed by atoms with E-state index in [-0.39, 0.29) is 22.8 Å². The van der Waals surface area contributed by atoms with Crippen LogP contribution in [-0.4, -0.2) is 27.5 Å². The summed E-state index contributed by atoms with van der Waals surface area (Å²) in [4.78, 5) is 31.0. The Kier molecular flexibility index (Phi) is 5.19. The fourth-order valence-corrected chi connectivity index (χ4v) is 3.07. The average Bonchev–Trinajstić information content (AvgIpc) is 3.04. The van der Waals surface area contributed by atoms with Crippen LogP contribution in [0.3, 0.4) is 0 Å². The number of rotatable bonds is 6. The zero-order valence-electron chi connectivity index (χ0n) is 14.0. The first kappa shape index (κ1) is 17.2. The number of H-pyrrole nitrogens is 1. The van der Waals surface area contributed by atoms with Crippen molar-refractivity contribution in [2.45, 2.75) is 19.1 Å². The Labute approximate surface area is 149 Å². The first-order valence-electron chi connectivity index (χ1n) is 7.91. The lowest BCUT2D eigenvalue weighted by Crippen LogP contribution is -2.12. The van der Waals surface area contributed by atoms with Gasteiger partial charge in [0.25, 0.3) is 0 Å². The first-order chi connectivity index (χ1) is 12.0. The molecule has 0 saturated heterocycles. The van der Waals surface area contributed by atoms with Crippen molar-refractivity contribution in [1.29, 1.82) is 0 Å². The Hall–Kier alpha value is -2.60. The Morgan fingerprint density at radius 1 is 1.16 bits per heavy atom. The number of carbonyl (C=O) groups excluding carboxylic acids is 2. The summed E-state index contributed by atoms with van der Waals surface area (Å²) in [7, 11) is 0. The molecule has 3 rings (SSSR count). The maximum absolute atomic E-state index is 12.0. The highest BCUT2D eigenvalue weighted by atomic mass is 32.2. The van der Waals surface area contributed by atoms with Crippen LogP contribution in [-0.2, 0) is 4.79 Å². The van der Waals surface area contributed by atoms with E-state index < -0.39 is 0 Å². The summed E-state index contributed by atoms with van der Waals surface area (Å²) in [5.41, 5.74) is 2.49. The second-order valence-electron chi connectivity index (χ2n) is 5.65. The van der Waals surface area contributed by atoms with Crippen molar-refractivity contribution >= 4 is 34.5 Å². The standard InChI is InChI=1S/C19H18N2O3S/c1-12(22)14-7-9-15(10-8-14)24-18(23)11-25-13(2)19-20-16-5-3-4-6-17(16)21-19/h3-10,13H,11H2,1-2H3,(H,20,21)/t13-/m0/s1. The number of para-hydroxylation sites is 2. The summed E-state index contributed by atoms with van der Waals surface area (Å²) < 4.78 is 5.29. The SMILES string of the molecule is CC(=O)c1ccc(OC(=O)CS[C@@H](C)c2nc3ccccc3[nH]2)cc1. The largest absolute Gasteiger partial charge is 0.426 e. The Morgan fingerprint density at radius 2 is 1.88 bits per heavy atom. The average molecular weight is 354 g/mol. The monoisotopic (exact) mass is 354 g/mol. The van der Waals surface area contributed by atoms with Crippen LogP contribution in [0.1, 0.15) is 35.3 Å². The van der Waals surface area contributed by atoms with Gasteiger partial charge >= 0.3 is 5.97 Å². The number of fused-ring (bicyclic) bond motifs is 1. The van der Waals surface area contributed by atoms with Gasteiger partial charge in [-0.15, -0.1) is 11.8 Å². The highest BCUT2D eigenvalue weighted by Gasteiger charge is 2.14. The lowest BCUT2D eigenvalue weighted by Gasteiger charge is -2.08. The minimum Gasteiger partial charge on any atom is -0.426 e. The number of aromatic amines is 1. The molecule has 1 atom stereocenters. The Balaban J connectivity index is 1.55.